The number of benzene rings is 3. The van der Waals surface area contributed by atoms with Crippen molar-refractivity contribution in [2.75, 3.05) is 32.2 Å². The van der Waals surface area contributed by atoms with Crippen LogP contribution in [-0.2, 0) is 34.2 Å². The average molecular weight is 654 g/mol. The average Bonchev–Trinajstić information content (AvgIpc) is 2.81. The molecule has 31 heavy (non-hydrogen) atoms. The van der Waals surface area contributed by atoms with Gasteiger partial charge in [0.05, 0.1) is 13.3 Å². The number of fused-ring (bicyclic) bond motifs is 2. The Morgan fingerprint density at radius 3 is 1.84 bits per heavy atom. The van der Waals surface area contributed by atoms with Crippen LogP contribution in [0, 0.1) is 11.9 Å². The van der Waals surface area contributed by atoms with E-state index < -0.39 is 6.04 Å². The number of hydrogen-bond donors (Lipinski definition) is 2. The van der Waals surface area contributed by atoms with Crippen molar-refractivity contribution in [3.63, 3.8) is 0 Å². The molecule has 0 aromatic heterocycles. The van der Waals surface area contributed by atoms with Crippen LogP contribution in [0.1, 0.15) is 0 Å². The summed E-state index contributed by atoms with van der Waals surface area (Å²) < 4.78 is 13.2. The Kier molecular flexibility index (Phi) is 9.61. The zero-order chi connectivity index (χ0) is 20.8. The predicted molar refractivity (Wildman–Crippen MR) is 132 cm³/mol. The number of nitrogens with one attached hydrogen (secondary N) is 2. The monoisotopic (exact) mass is 654 g/mol. The Labute approximate surface area is 206 Å². The van der Waals surface area contributed by atoms with E-state index in [1.54, 1.807) is 6.07 Å². The number of rotatable bonds is 3. The first kappa shape index (κ1) is 24.9. The minimum atomic E-state index is -2.19. The van der Waals surface area contributed by atoms with E-state index >= 15 is 0 Å². The molecular weight excluding hydrogens is 628 g/mol. The van der Waals surface area contributed by atoms with Gasteiger partial charge in [-0.2, -0.15) is 12.1 Å². The van der Waals surface area contributed by atoms with Crippen molar-refractivity contribution in [3.05, 3.63) is 90.7 Å². The van der Waals surface area contributed by atoms with Gasteiger partial charge < -0.3 is 0 Å². The first-order chi connectivity index (χ1) is 14.7. The van der Waals surface area contributed by atoms with Crippen molar-refractivity contribution in [1.29, 1.82) is 0 Å². The molecule has 166 valence electrons. The molecule has 3 aromatic carbocycles. The fourth-order valence-electron chi connectivity index (χ4n) is 3.74. The van der Waals surface area contributed by atoms with Gasteiger partial charge in [0.25, 0.3) is 0 Å². The van der Waals surface area contributed by atoms with Crippen LogP contribution in [0.25, 0.3) is 0 Å². The van der Waals surface area contributed by atoms with Crippen LogP contribution in [0.4, 0.5) is 4.39 Å². The van der Waals surface area contributed by atoms with E-state index in [2.05, 4.69) is 21.6 Å². The molecule has 0 spiro atoms. The van der Waals surface area contributed by atoms with Gasteiger partial charge in [0.2, 0.25) is 0 Å². The van der Waals surface area contributed by atoms with Crippen molar-refractivity contribution in [2.24, 2.45) is 0 Å². The van der Waals surface area contributed by atoms with Crippen LogP contribution >= 0.6 is 14.0 Å². The summed E-state index contributed by atoms with van der Waals surface area (Å²) in [7, 11) is -0.0455. The van der Waals surface area contributed by atoms with Crippen LogP contribution in [0.15, 0.2) is 78.9 Å². The van der Waals surface area contributed by atoms with Gasteiger partial charge in [0, 0.05) is 19.8 Å². The third kappa shape index (κ3) is 6.21. The molecule has 3 nitrogen and oxygen atoms in total. The molecule has 2 N–H and O–H groups in total. The third-order valence-corrected chi connectivity index (χ3v) is 12.5. The molecule has 2 bridgehead atoms. The van der Waals surface area contributed by atoms with Gasteiger partial charge in [-0.05, 0) is 10.6 Å². The zero-order valence-electron chi connectivity index (χ0n) is 17.0. The van der Waals surface area contributed by atoms with Crippen molar-refractivity contribution in [1.82, 2.24) is 15.5 Å². The molecule has 0 aliphatic carbocycles. The summed E-state index contributed by atoms with van der Waals surface area (Å²) in [4.78, 5) is 2.45. The molecule has 2 aliphatic rings. The molecular formula is C23H26AuFN3P2S+. The Bertz CT molecular complexity index is 929. The summed E-state index contributed by atoms with van der Waals surface area (Å²) in [6.45, 7) is 2.20. The first-order valence-electron chi connectivity index (χ1n) is 10.0. The van der Waals surface area contributed by atoms with Crippen molar-refractivity contribution in [3.8, 4) is 0 Å². The maximum Gasteiger partial charge on any atom is 1.00 e. The molecule has 8 heteroatoms. The Morgan fingerprint density at radius 2 is 1.42 bits per heavy atom. The molecule has 2 aliphatic heterocycles. The maximum absolute atomic E-state index is 13.2. The number of halogens is 1. The van der Waals surface area contributed by atoms with Gasteiger partial charge in [-0.15, -0.1) is 17.4 Å². The molecule has 2 heterocycles. The van der Waals surface area contributed by atoms with E-state index in [9.17, 15) is 4.39 Å². The van der Waals surface area contributed by atoms with E-state index in [0.29, 0.717) is 0 Å². The molecule has 0 radical (unpaired) electrons. The number of nitrogens with zero attached hydrogens (tertiary/aromatic N) is 1. The Balaban J connectivity index is 0.000000227. The van der Waals surface area contributed by atoms with Crippen LogP contribution in [-0.4, -0.2) is 37.1 Å². The van der Waals surface area contributed by atoms with Gasteiger partial charge >= 0.3 is 22.4 Å². The van der Waals surface area contributed by atoms with Gasteiger partial charge in [-0.3, -0.25) is 15.0 Å². The Morgan fingerprint density at radius 1 is 0.871 bits per heavy atom. The van der Waals surface area contributed by atoms with E-state index in [1.165, 1.54) is 31.0 Å². The maximum atomic E-state index is 13.2. The molecule has 0 unspecified atom stereocenters. The van der Waals surface area contributed by atoms with Gasteiger partial charge in [-0.1, -0.05) is 72.5 Å². The third-order valence-electron chi connectivity index (χ3n) is 5.21. The van der Waals surface area contributed by atoms with Crippen molar-refractivity contribution in [2.45, 2.75) is 0 Å². The minimum Gasteiger partial charge on any atom is -0.284 e. The van der Waals surface area contributed by atoms with Crippen LogP contribution in [0.5, 0.6) is 0 Å². The summed E-state index contributed by atoms with van der Waals surface area (Å²) in [6, 6.07) is 25.5. The van der Waals surface area contributed by atoms with E-state index in [1.807, 2.05) is 60.7 Å². The van der Waals surface area contributed by atoms with Crippen LogP contribution < -0.4 is 26.5 Å². The second-order valence-corrected chi connectivity index (χ2v) is 14.3. The summed E-state index contributed by atoms with van der Waals surface area (Å²) in [5, 5.41) is 9.90. The molecule has 0 amide bonds. The van der Waals surface area contributed by atoms with Crippen LogP contribution in [0.3, 0.4) is 0 Å². The number of hydrogen-bond acceptors (Lipinski definition) is 4. The summed E-state index contributed by atoms with van der Waals surface area (Å²) in [5.74, 6) is -0.290. The van der Waals surface area contributed by atoms with Crippen molar-refractivity contribution >= 4 is 41.7 Å². The predicted octanol–water partition coefficient (Wildman–Crippen LogP) is 2.88. The second-order valence-electron chi connectivity index (χ2n) is 7.42. The molecule has 3 aromatic rings. The largest absolute Gasteiger partial charge is 1.00 e. The van der Waals surface area contributed by atoms with E-state index in [0.717, 1.165) is 29.3 Å². The fraction of sp³-hybridized carbons (Fsp3) is 0.217. The smallest absolute Gasteiger partial charge is 0.284 e. The fourth-order valence-corrected chi connectivity index (χ4v) is 9.51. The second kappa shape index (κ2) is 12.0. The first-order valence-corrected chi connectivity index (χ1v) is 14.9. The van der Waals surface area contributed by atoms with E-state index in [4.69, 9.17) is 11.8 Å². The standard InChI is InChI=1S/C18H13FPS.C5H12N3P.Au/c19-15-11-13-18(14-12-15)20(21,16-7-3-1-4-8-16)17-9-5-2-6-10-17;1-6-3-9-4-7-2-8(1)5-9;/h1-13H;6-7H,1-5H2;/q-1;;+1/p+1. The Hall–Kier alpha value is -0.710. The molecule has 2 saturated heterocycles. The van der Waals surface area contributed by atoms with Gasteiger partial charge in [0.1, 0.15) is 18.9 Å². The molecule has 0 atom stereocenters. The topological polar surface area (TPSA) is 27.3 Å². The zero-order valence-corrected chi connectivity index (χ0v) is 21.9. The van der Waals surface area contributed by atoms with Crippen LogP contribution in [0.2, 0.25) is 0 Å². The summed E-state index contributed by atoms with van der Waals surface area (Å²) in [6.07, 6.45) is 3.99. The quantitative estimate of drug-likeness (QED) is 0.259. The van der Waals surface area contributed by atoms with E-state index in [-0.39, 0.29) is 36.1 Å². The molecule has 0 saturated carbocycles. The van der Waals surface area contributed by atoms with Gasteiger partial charge in [-0.25, -0.2) is 4.90 Å². The normalized spacial score (nSPS) is 20.0. The minimum absolute atomic E-state index is 0. The summed E-state index contributed by atoms with van der Waals surface area (Å²) in [5.41, 5.74) is 0. The van der Waals surface area contributed by atoms with Gasteiger partial charge in [0.15, 0.2) is 0 Å². The molecule has 5 rings (SSSR count). The SMILES string of the molecule is C1NC[PH+]2CNCN1C2.Fc1c[c-]c(P(=S)(c2ccccc2)c2ccccc2)cc1.[Au+]. The summed E-state index contributed by atoms with van der Waals surface area (Å²) >= 11 is 6.10. The van der Waals surface area contributed by atoms with Crippen molar-refractivity contribution < 1.29 is 26.8 Å². The molecule has 2 fully saturated rings.